The van der Waals surface area contributed by atoms with E-state index in [0.29, 0.717) is 0 Å². The minimum Gasteiger partial charge on any atom is -0.870 e. The van der Waals surface area contributed by atoms with Gasteiger partial charge in [-0.15, -0.1) is 0 Å². The molecule has 0 heterocycles. The maximum absolute atomic E-state index is 9.71. The number of carbonyl (C=O) groups is 1. The number of aliphatic hydroxyl groups is 17. The molecule has 0 aliphatic carbocycles. The monoisotopic (exact) mass is 1190 g/mol. The molecule has 0 atom stereocenters. The van der Waals surface area contributed by atoms with Crippen molar-refractivity contribution in [2.45, 2.75) is 29.2 Å². The molecule has 0 fully saturated rings. The normalized spacial score (nSPS) is 10.2. The Hall–Kier alpha value is 6.84. The molecular formula is C26H77Na2O19P6Y3+4. The average Bonchev–Trinajstić information content (AvgIpc) is 3.12. The molecule has 332 valence electrons. The zero-order chi connectivity index (χ0) is 36.9. The summed E-state index contributed by atoms with van der Waals surface area (Å²) in [5, 5.41) is 156. The first kappa shape index (κ1) is 101. The minimum atomic E-state index is -2.55. The second kappa shape index (κ2) is 61.8. The summed E-state index contributed by atoms with van der Waals surface area (Å²) in [7, 11) is -13.3. The van der Waals surface area contributed by atoms with Gasteiger partial charge in [0.2, 0.25) is 0 Å². The van der Waals surface area contributed by atoms with Crippen molar-refractivity contribution in [2.24, 2.45) is 0 Å². The first-order valence-corrected chi connectivity index (χ1v) is 28.0. The number of rotatable bonds is 23. The molecule has 18 N–H and O–H groups in total. The third-order valence-electron chi connectivity index (χ3n) is 6.60. The Morgan fingerprint density at radius 3 is 0.571 bits per heavy atom. The standard InChI is InChI=1S/C10H28O8P3.C7H20O6P2.C3H9O3P.C2H4O.3CH4.CH3.2Na.H2O.3Y/c11-1-19(2-12,3-13)9-21(7-17,8-18)10-20(4-14,5-15)6-16;8-1-14(2-9,3-10)7-15(4-11,5-12)6-13;4-1-7(2-5)3-6;1-2-3;;;;;;;;;;/h11-18H,1-10H2;8-13H,1-7H2;4-6H,1-3H2;2H,1H3;3*1H4;1H3;;;1H2;;;/q+3;+2;;;;;;-1;;+1;;;;/p-1. The van der Waals surface area contributed by atoms with E-state index in [1.54, 1.807) is 0 Å². The molecule has 0 aromatic rings. The van der Waals surface area contributed by atoms with Gasteiger partial charge in [-0.05, 0) is 14.8 Å². The van der Waals surface area contributed by atoms with Crippen LogP contribution in [0.4, 0.5) is 0 Å². The maximum Gasteiger partial charge on any atom is 1.00 e. The number of aldehydes is 1. The second-order valence-corrected chi connectivity index (χ2v) is 33.4. The predicted octanol–water partition coefficient (Wildman–Crippen LogP) is -4.45. The molecule has 0 bridgehead atoms. The summed E-state index contributed by atoms with van der Waals surface area (Å²) < 4.78 is 0. The van der Waals surface area contributed by atoms with Crippen LogP contribution in [0, 0.1) is 7.43 Å². The van der Waals surface area contributed by atoms with Gasteiger partial charge in [-0.25, -0.2) is 0 Å². The fourth-order valence-electron chi connectivity index (χ4n) is 3.38. The molecule has 0 aromatic heterocycles. The second-order valence-electron chi connectivity index (χ2n) is 10.4. The van der Waals surface area contributed by atoms with Gasteiger partial charge in [0.05, 0.1) is 19.0 Å². The van der Waals surface area contributed by atoms with Crippen molar-refractivity contribution < 1.29 is 225 Å². The zero-order valence-electron chi connectivity index (χ0n) is 31.6. The maximum atomic E-state index is 9.71. The quantitative estimate of drug-likeness (QED) is 0.0199. The molecule has 0 unspecified atom stereocenters. The molecule has 0 rings (SSSR count). The summed E-state index contributed by atoms with van der Waals surface area (Å²) in [5.74, 6) is 0.378. The molecule has 0 aromatic carbocycles. The number of hydrogen-bond acceptors (Lipinski definition) is 19. The van der Waals surface area contributed by atoms with Crippen molar-refractivity contribution >= 4 is 80.1 Å². The van der Waals surface area contributed by atoms with Crippen molar-refractivity contribution in [3.05, 3.63) is 7.43 Å². The molecule has 56 heavy (non-hydrogen) atoms. The Morgan fingerprint density at radius 1 is 0.393 bits per heavy atom. The molecular weight excluding hydrogens is 1110 g/mol. The van der Waals surface area contributed by atoms with Gasteiger partial charge in [0.25, 0.3) is 0 Å². The van der Waals surface area contributed by atoms with Crippen LogP contribution in [0.3, 0.4) is 0 Å². The third-order valence-corrected chi connectivity index (χ3v) is 30.6. The molecule has 0 saturated carbocycles. The van der Waals surface area contributed by atoms with E-state index in [4.69, 9.17) is 50.8 Å². The summed E-state index contributed by atoms with van der Waals surface area (Å²) in [6.07, 6.45) is -4.83. The summed E-state index contributed by atoms with van der Waals surface area (Å²) in [5.41, 5.74) is 0. The topological polar surface area (TPSA) is 391 Å². The smallest absolute Gasteiger partial charge is 0.870 e. The van der Waals surface area contributed by atoms with Gasteiger partial charge in [-0.2, -0.15) is 0 Å². The van der Waals surface area contributed by atoms with Crippen LogP contribution >= 0.6 is 44.2 Å². The van der Waals surface area contributed by atoms with Crippen molar-refractivity contribution in [3.8, 4) is 0 Å². The van der Waals surface area contributed by atoms with Crippen LogP contribution in [0.5, 0.6) is 0 Å². The fourth-order valence-corrected chi connectivity index (χ4v) is 27.0. The van der Waals surface area contributed by atoms with Gasteiger partial charge >= 0.3 is 29.6 Å². The van der Waals surface area contributed by atoms with Gasteiger partial charge in [0.1, 0.15) is 42.6 Å². The van der Waals surface area contributed by atoms with Gasteiger partial charge in [-0.1, -0.05) is 22.3 Å². The number of hydrogen-bond donors (Lipinski definition) is 17. The van der Waals surface area contributed by atoms with E-state index >= 15 is 0 Å². The molecule has 0 spiro atoms. The van der Waals surface area contributed by atoms with E-state index < -0.39 is 95.0 Å². The third kappa shape index (κ3) is 41.1. The van der Waals surface area contributed by atoms with Crippen LogP contribution in [0.15, 0.2) is 0 Å². The van der Waals surface area contributed by atoms with Crippen molar-refractivity contribution in [1.29, 1.82) is 0 Å². The zero-order valence-corrected chi connectivity index (χ0v) is 49.5. The van der Waals surface area contributed by atoms with Gasteiger partial charge in [-0.3, -0.25) is 0 Å². The Bertz CT molecular complexity index is 634. The largest absolute Gasteiger partial charge is 1.00 e. The molecule has 0 aliphatic rings. The first-order chi connectivity index (χ1) is 21.7. The molecule has 4 radical (unpaired) electrons. The molecule has 19 nitrogen and oxygen atoms in total. The van der Waals surface area contributed by atoms with Crippen molar-refractivity contribution in [1.82, 2.24) is 0 Å². The Balaban J connectivity index is -0.0000000376. The SMILES string of the molecule is C.C.C.CC=O.OCP(CO)CO.OC[P+](CO)(CO)C[P+](CO)(CO)CO.OC[P+](CO)(CO)C[P+](CO)(CO)C[P+](CO)(CO)CO.[CH3-].[Na+].[Na].[OH-].[Y].[Y].[Y]. The summed E-state index contributed by atoms with van der Waals surface area (Å²) in [6.45, 7) is 1.44. The van der Waals surface area contributed by atoms with Crippen molar-refractivity contribution in [2.75, 3.05) is 126 Å². The van der Waals surface area contributed by atoms with Gasteiger partial charge in [0.15, 0.2) is 107 Å². The molecule has 30 heteroatoms. The van der Waals surface area contributed by atoms with Crippen LogP contribution in [0.1, 0.15) is 29.2 Å². The summed E-state index contributed by atoms with van der Waals surface area (Å²) in [6, 6.07) is 0. The molecule has 0 aliphatic heterocycles. The van der Waals surface area contributed by atoms with Gasteiger partial charge < -0.3 is 105 Å². The number of carbonyl (C=O) groups excluding carboxylic acids is 1. The Kier molecular flexibility index (Phi) is 111. The summed E-state index contributed by atoms with van der Waals surface area (Å²) >= 11 is 0. The van der Waals surface area contributed by atoms with Crippen LogP contribution in [0.25, 0.3) is 0 Å². The van der Waals surface area contributed by atoms with E-state index in [-0.39, 0.29) is 267 Å². The Labute approximate surface area is 460 Å². The molecule has 0 saturated heterocycles. The van der Waals surface area contributed by atoms with E-state index in [1.807, 2.05) is 0 Å². The van der Waals surface area contributed by atoms with Crippen molar-refractivity contribution in [3.63, 3.8) is 0 Å². The van der Waals surface area contributed by atoms with E-state index in [1.165, 1.54) is 6.92 Å². The first-order valence-electron chi connectivity index (χ1n) is 13.5. The van der Waals surface area contributed by atoms with Gasteiger partial charge in [0, 0.05) is 128 Å². The number of aliphatic hydroxyl groups excluding tert-OH is 17. The minimum absolute atomic E-state index is 0. The summed E-state index contributed by atoms with van der Waals surface area (Å²) in [4.78, 5) is 8.81. The van der Waals surface area contributed by atoms with Crippen LogP contribution in [-0.4, -0.2) is 254 Å². The van der Waals surface area contributed by atoms with E-state index in [0.717, 1.165) is 6.29 Å². The average molecular weight is 1190 g/mol. The van der Waals surface area contributed by atoms with Crippen LogP contribution in [0.2, 0.25) is 0 Å². The fraction of sp³-hybridized carbons (Fsp3) is 0.923. The Morgan fingerprint density at radius 2 is 0.500 bits per heavy atom. The van der Waals surface area contributed by atoms with Crippen LogP contribution in [-0.2, 0) is 103 Å². The molecule has 0 amide bonds. The van der Waals surface area contributed by atoms with E-state index in [9.17, 15) is 40.9 Å². The van der Waals surface area contributed by atoms with Crippen LogP contribution < -0.4 is 29.6 Å². The predicted molar refractivity (Wildman–Crippen MR) is 223 cm³/mol. The van der Waals surface area contributed by atoms with E-state index in [2.05, 4.69) is 0 Å².